The number of likely N-dealkylation sites (N-methyl/N-ethyl adjacent to an activating group) is 1. The number of hydrogen-bond acceptors (Lipinski definition) is 3. The fourth-order valence-electron chi connectivity index (χ4n) is 2.92. The maximum Gasteiger partial charge on any atom is 0.0235 e. The van der Waals surface area contributed by atoms with Gasteiger partial charge in [-0.2, -0.15) is 0 Å². The van der Waals surface area contributed by atoms with E-state index in [4.69, 9.17) is 0 Å². The van der Waals surface area contributed by atoms with Gasteiger partial charge in [0.15, 0.2) is 0 Å². The van der Waals surface area contributed by atoms with Gasteiger partial charge in [0.25, 0.3) is 0 Å². The van der Waals surface area contributed by atoms with E-state index in [1.165, 1.54) is 32.6 Å². The third kappa shape index (κ3) is 4.87. The Morgan fingerprint density at radius 3 is 2.39 bits per heavy atom. The zero-order valence-electron chi connectivity index (χ0n) is 13.1. The van der Waals surface area contributed by atoms with Crippen molar-refractivity contribution in [3.63, 3.8) is 0 Å². The Bertz CT molecular complexity index is 214. The van der Waals surface area contributed by atoms with E-state index in [0.717, 1.165) is 25.0 Å². The van der Waals surface area contributed by atoms with Gasteiger partial charge in [-0.3, -0.25) is 9.80 Å². The lowest BCUT2D eigenvalue weighted by Gasteiger charge is -2.28. The molecule has 1 heterocycles. The van der Waals surface area contributed by atoms with Crippen LogP contribution in [0.15, 0.2) is 0 Å². The maximum atomic E-state index is 3.58. The zero-order chi connectivity index (χ0) is 13.5. The van der Waals surface area contributed by atoms with Crippen LogP contribution in [0, 0.1) is 5.92 Å². The van der Waals surface area contributed by atoms with Crippen LogP contribution in [0.4, 0.5) is 0 Å². The highest BCUT2D eigenvalue weighted by atomic mass is 15.3. The molecule has 1 saturated heterocycles. The molecule has 0 aromatic heterocycles. The van der Waals surface area contributed by atoms with E-state index in [-0.39, 0.29) is 0 Å². The van der Waals surface area contributed by atoms with Crippen LogP contribution in [0.25, 0.3) is 0 Å². The normalized spacial score (nSPS) is 23.2. The van der Waals surface area contributed by atoms with Crippen molar-refractivity contribution in [2.45, 2.75) is 53.1 Å². The molecule has 0 spiro atoms. The van der Waals surface area contributed by atoms with E-state index in [1.54, 1.807) is 0 Å². The lowest BCUT2D eigenvalue weighted by molar-refractivity contribution is 0.190. The van der Waals surface area contributed by atoms with Gasteiger partial charge in [-0.15, -0.1) is 0 Å². The Kier molecular flexibility index (Phi) is 7.20. The molecule has 0 saturated carbocycles. The molecule has 2 unspecified atom stereocenters. The first kappa shape index (κ1) is 15.9. The summed E-state index contributed by atoms with van der Waals surface area (Å²) in [6.45, 7) is 18.6. The number of nitrogens with zero attached hydrogens (tertiary/aromatic N) is 2. The van der Waals surface area contributed by atoms with E-state index in [0.29, 0.717) is 6.04 Å². The van der Waals surface area contributed by atoms with Crippen LogP contribution in [0.2, 0.25) is 0 Å². The van der Waals surface area contributed by atoms with Crippen molar-refractivity contribution >= 4 is 0 Å². The van der Waals surface area contributed by atoms with Crippen LogP contribution >= 0.6 is 0 Å². The summed E-state index contributed by atoms with van der Waals surface area (Å²) >= 11 is 0. The van der Waals surface area contributed by atoms with Crippen LogP contribution in [0.5, 0.6) is 0 Å². The summed E-state index contributed by atoms with van der Waals surface area (Å²) in [5, 5.41) is 3.58. The van der Waals surface area contributed by atoms with Crippen LogP contribution in [-0.4, -0.2) is 61.2 Å². The van der Waals surface area contributed by atoms with Gasteiger partial charge in [-0.25, -0.2) is 0 Å². The number of rotatable bonds is 8. The lowest BCUT2D eigenvalue weighted by atomic mass is 10.2. The predicted octanol–water partition coefficient (Wildman–Crippen LogP) is 2.04. The first-order chi connectivity index (χ1) is 8.58. The lowest BCUT2D eigenvalue weighted by Crippen LogP contribution is -2.43. The van der Waals surface area contributed by atoms with Gasteiger partial charge in [0, 0.05) is 31.7 Å². The first-order valence-corrected chi connectivity index (χ1v) is 7.77. The summed E-state index contributed by atoms with van der Waals surface area (Å²) in [4.78, 5) is 5.25. The number of likely N-dealkylation sites (tertiary alicyclic amines) is 1. The highest BCUT2D eigenvalue weighted by Gasteiger charge is 2.28. The summed E-state index contributed by atoms with van der Waals surface area (Å²) < 4.78 is 0. The molecule has 1 aliphatic rings. The number of nitrogens with one attached hydrogen (secondary N) is 1. The fraction of sp³-hybridized carbons (Fsp3) is 1.00. The van der Waals surface area contributed by atoms with Gasteiger partial charge < -0.3 is 5.32 Å². The first-order valence-electron chi connectivity index (χ1n) is 7.77. The monoisotopic (exact) mass is 255 g/mol. The van der Waals surface area contributed by atoms with Crippen molar-refractivity contribution in [3.05, 3.63) is 0 Å². The van der Waals surface area contributed by atoms with Crippen molar-refractivity contribution in [1.29, 1.82) is 0 Å². The SMILES string of the molecule is CCN(CC)C1CCN(C(C)CNCC(C)C)C1. The molecule has 0 amide bonds. The topological polar surface area (TPSA) is 18.5 Å². The highest BCUT2D eigenvalue weighted by Crippen LogP contribution is 2.17. The molecular weight excluding hydrogens is 222 g/mol. The summed E-state index contributed by atoms with van der Waals surface area (Å²) in [7, 11) is 0. The molecule has 1 fully saturated rings. The van der Waals surface area contributed by atoms with Crippen molar-refractivity contribution in [2.75, 3.05) is 39.3 Å². The average Bonchev–Trinajstić information content (AvgIpc) is 2.79. The second kappa shape index (κ2) is 8.13. The summed E-state index contributed by atoms with van der Waals surface area (Å²) in [5.74, 6) is 0.749. The van der Waals surface area contributed by atoms with Crippen LogP contribution in [0.1, 0.15) is 41.0 Å². The van der Waals surface area contributed by atoms with Crippen molar-refractivity contribution in [3.8, 4) is 0 Å². The second-order valence-electron chi connectivity index (χ2n) is 6.06. The fourth-order valence-corrected chi connectivity index (χ4v) is 2.92. The molecule has 18 heavy (non-hydrogen) atoms. The highest BCUT2D eigenvalue weighted by molar-refractivity contribution is 4.85. The zero-order valence-corrected chi connectivity index (χ0v) is 13.1. The third-order valence-corrected chi connectivity index (χ3v) is 4.14. The molecule has 3 heteroatoms. The Morgan fingerprint density at radius 1 is 1.17 bits per heavy atom. The summed E-state index contributed by atoms with van der Waals surface area (Å²) in [6, 6.07) is 1.46. The molecule has 0 bridgehead atoms. The molecule has 3 nitrogen and oxygen atoms in total. The molecule has 0 aliphatic carbocycles. The minimum atomic E-state index is 0.671. The summed E-state index contributed by atoms with van der Waals surface area (Å²) in [6.07, 6.45) is 1.34. The van der Waals surface area contributed by atoms with Crippen LogP contribution < -0.4 is 5.32 Å². The van der Waals surface area contributed by atoms with Gasteiger partial charge >= 0.3 is 0 Å². The molecule has 1 rings (SSSR count). The van der Waals surface area contributed by atoms with Gasteiger partial charge in [-0.05, 0) is 38.9 Å². The smallest absolute Gasteiger partial charge is 0.0235 e. The Hall–Kier alpha value is -0.120. The third-order valence-electron chi connectivity index (χ3n) is 4.14. The molecule has 2 atom stereocenters. The van der Waals surface area contributed by atoms with Crippen LogP contribution in [0.3, 0.4) is 0 Å². The Balaban J connectivity index is 2.27. The standard InChI is InChI=1S/C15H33N3/c1-6-17(7-2)15-8-9-18(12-15)14(5)11-16-10-13(3)4/h13-16H,6-12H2,1-5H3. The molecule has 1 aliphatic heterocycles. The minimum absolute atomic E-state index is 0.671. The van der Waals surface area contributed by atoms with Gasteiger partial charge in [-0.1, -0.05) is 27.7 Å². The van der Waals surface area contributed by atoms with Crippen molar-refractivity contribution in [2.24, 2.45) is 5.92 Å². The predicted molar refractivity (Wildman–Crippen MR) is 80.1 cm³/mol. The second-order valence-corrected chi connectivity index (χ2v) is 6.06. The Labute approximate surface area is 114 Å². The molecule has 0 aromatic carbocycles. The van der Waals surface area contributed by atoms with E-state index in [9.17, 15) is 0 Å². The van der Waals surface area contributed by atoms with E-state index < -0.39 is 0 Å². The van der Waals surface area contributed by atoms with Gasteiger partial charge in [0.1, 0.15) is 0 Å². The largest absolute Gasteiger partial charge is 0.315 e. The molecular formula is C15H33N3. The molecule has 1 N–H and O–H groups in total. The van der Waals surface area contributed by atoms with Crippen molar-refractivity contribution < 1.29 is 0 Å². The van der Waals surface area contributed by atoms with E-state index in [1.807, 2.05) is 0 Å². The molecule has 0 radical (unpaired) electrons. The maximum absolute atomic E-state index is 3.58. The average molecular weight is 255 g/mol. The van der Waals surface area contributed by atoms with Gasteiger partial charge in [0.2, 0.25) is 0 Å². The Morgan fingerprint density at radius 2 is 1.83 bits per heavy atom. The van der Waals surface area contributed by atoms with E-state index in [2.05, 4.69) is 49.7 Å². The van der Waals surface area contributed by atoms with Gasteiger partial charge in [0.05, 0.1) is 0 Å². The quantitative estimate of drug-likeness (QED) is 0.716. The van der Waals surface area contributed by atoms with Crippen molar-refractivity contribution in [1.82, 2.24) is 15.1 Å². The molecule has 108 valence electrons. The molecule has 0 aromatic rings. The van der Waals surface area contributed by atoms with Crippen LogP contribution in [-0.2, 0) is 0 Å². The summed E-state index contributed by atoms with van der Waals surface area (Å²) in [5.41, 5.74) is 0. The minimum Gasteiger partial charge on any atom is -0.315 e. The van der Waals surface area contributed by atoms with E-state index >= 15 is 0 Å². The number of hydrogen-bond donors (Lipinski definition) is 1.